The molecule has 0 saturated carbocycles. The van der Waals surface area contributed by atoms with Crippen LogP contribution in [0.2, 0.25) is 0 Å². The summed E-state index contributed by atoms with van der Waals surface area (Å²) in [6, 6.07) is 9.37. The maximum absolute atomic E-state index is 2.45. The third-order valence-electron chi connectivity index (χ3n) is 3.60. The number of allylic oxidation sites excluding steroid dienone is 3. The zero-order valence-electron chi connectivity index (χ0n) is 11.7. The molecule has 1 aliphatic rings. The van der Waals surface area contributed by atoms with Gasteiger partial charge in [0.15, 0.2) is 0 Å². The van der Waals surface area contributed by atoms with Crippen LogP contribution in [0.1, 0.15) is 38.7 Å². The molecule has 0 radical (unpaired) electrons. The van der Waals surface area contributed by atoms with Crippen LogP contribution in [0.25, 0.3) is 0 Å². The number of aryl methyl sites for hydroxylation is 1. The van der Waals surface area contributed by atoms with Crippen molar-refractivity contribution in [2.45, 2.75) is 46.1 Å². The number of anilines is 1. The molecule has 1 heteroatoms. The summed E-state index contributed by atoms with van der Waals surface area (Å²) in [6.45, 7) is 6.68. The van der Waals surface area contributed by atoms with Gasteiger partial charge < -0.3 is 4.90 Å². The number of benzene rings is 1. The minimum absolute atomic E-state index is 0.529. The molecule has 0 N–H and O–H groups in total. The van der Waals surface area contributed by atoms with Gasteiger partial charge in [-0.05, 0) is 51.3 Å². The van der Waals surface area contributed by atoms with E-state index < -0.39 is 0 Å². The molecule has 1 nitrogen and oxygen atoms in total. The Balaban J connectivity index is 2.33. The van der Waals surface area contributed by atoms with Crippen LogP contribution in [0.15, 0.2) is 48.2 Å². The van der Waals surface area contributed by atoms with Crippen LogP contribution >= 0.6 is 0 Å². The second-order valence-electron chi connectivity index (χ2n) is 5.07. The summed E-state index contributed by atoms with van der Waals surface area (Å²) < 4.78 is 0. The Kier molecular flexibility index (Phi) is 4.24. The summed E-state index contributed by atoms with van der Waals surface area (Å²) in [5.74, 6) is 0. The zero-order chi connectivity index (χ0) is 13.0. The quantitative estimate of drug-likeness (QED) is 0.729. The zero-order valence-corrected chi connectivity index (χ0v) is 11.7. The van der Waals surface area contributed by atoms with Crippen molar-refractivity contribution < 1.29 is 0 Å². The van der Waals surface area contributed by atoms with E-state index in [1.165, 1.54) is 23.4 Å². The summed E-state index contributed by atoms with van der Waals surface area (Å²) in [7, 11) is 0. The molecule has 0 aliphatic heterocycles. The molecule has 96 valence electrons. The van der Waals surface area contributed by atoms with E-state index in [4.69, 9.17) is 0 Å². The van der Waals surface area contributed by atoms with Gasteiger partial charge in [-0.3, -0.25) is 0 Å². The van der Waals surface area contributed by atoms with Crippen LogP contribution in [0.3, 0.4) is 0 Å². The summed E-state index contributed by atoms with van der Waals surface area (Å²) >= 11 is 0. The van der Waals surface area contributed by atoms with Crippen molar-refractivity contribution in [1.82, 2.24) is 0 Å². The van der Waals surface area contributed by atoms with Gasteiger partial charge in [0, 0.05) is 17.4 Å². The standard InChI is InChI=1S/C17H23N/c1-4-15(3)18(16-8-6-5-7-9-16)17-12-10-14(2)11-13-17/h6,8-13,15H,4-5,7H2,1-3H3. The van der Waals surface area contributed by atoms with Gasteiger partial charge in [-0.15, -0.1) is 0 Å². The smallest absolute Gasteiger partial charge is 0.0413 e. The van der Waals surface area contributed by atoms with Crippen LogP contribution in [-0.4, -0.2) is 6.04 Å². The molecule has 1 aromatic carbocycles. The maximum atomic E-state index is 2.45. The predicted octanol–water partition coefficient (Wildman–Crippen LogP) is 4.83. The van der Waals surface area contributed by atoms with E-state index in [-0.39, 0.29) is 0 Å². The van der Waals surface area contributed by atoms with E-state index in [1.54, 1.807) is 0 Å². The normalized spacial score (nSPS) is 16.3. The first-order chi connectivity index (χ1) is 8.72. The lowest BCUT2D eigenvalue weighted by Gasteiger charge is -2.33. The number of rotatable bonds is 4. The van der Waals surface area contributed by atoms with E-state index in [1.807, 2.05) is 0 Å². The molecule has 2 rings (SSSR count). The molecule has 1 unspecified atom stereocenters. The van der Waals surface area contributed by atoms with Crippen LogP contribution < -0.4 is 4.90 Å². The van der Waals surface area contributed by atoms with Crippen molar-refractivity contribution in [2.75, 3.05) is 4.90 Å². The minimum atomic E-state index is 0.529. The van der Waals surface area contributed by atoms with Gasteiger partial charge in [-0.1, -0.05) is 36.8 Å². The predicted molar refractivity (Wildman–Crippen MR) is 79.9 cm³/mol. The van der Waals surface area contributed by atoms with E-state index in [0.717, 1.165) is 12.8 Å². The Labute approximate surface area is 111 Å². The van der Waals surface area contributed by atoms with E-state index in [2.05, 4.69) is 68.2 Å². The lowest BCUT2D eigenvalue weighted by molar-refractivity contribution is 0.667. The number of hydrogen-bond acceptors (Lipinski definition) is 1. The fourth-order valence-electron chi connectivity index (χ4n) is 2.32. The lowest BCUT2D eigenvalue weighted by Crippen LogP contribution is -2.31. The molecule has 0 aromatic heterocycles. The fourth-order valence-corrected chi connectivity index (χ4v) is 2.32. The Bertz CT molecular complexity index is 439. The molecule has 0 amide bonds. The minimum Gasteiger partial charge on any atom is -0.339 e. The number of nitrogens with zero attached hydrogens (tertiary/aromatic N) is 1. The van der Waals surface area contributed by atoms with Crippen molar-refractivity contribution in [2.24, 2.45) is 0 Å². The molecule has 1 aliphatic carbocycles. The Morgan fingerprint density at radius 3 is 2.44 bits per heavy atom. The molecule has 0 bridgehead atoms. The maximum Gasteiger partial charge on any atom is 0.0413 e. The second kappa shape index (κ2) is 5.90. The first-order valence-electron chi connectivity index (χ1n) is 6.95. The van der Waals surface area contributed by atoms with Crippen molar-refractivity contribution in [1.29, 1.82) is 0 Å². The van der Waals surface area contributed by atoms with Crippen LogP contribution in [0.5, 0.6) is 0 Å². The average molecular weight is 241 g/mol. The van der Waals surface area contributed by atoms with E-state index in [9.17, 15) is 0 Å². The van der Waals surface area contributed by atoms with Gasteiger partial charge >= 0.3 is 0 Å². The second-order valence-corrected chi connectivity index (χ2v) is 5.07. The van der Waals surface area contributed by atoms with Crippen molar-refractivity contribution >= 4 is 5.69 Å². The highest BCUT2D eigenvalue weighted by Crippen LogP contribution is 2.26. The highest BCUT2D eigenvalue weighted by atomic mass is 15.2. The van der Waals surface area contributed by atoms with Gasteiger partial charge in [-0.2, -0.15) is 0 Å². The lowest BCUT2D eigenvalue weighted by atomic mass is 10.1. The molecular formula is C17H23N. The fraction of sp³-hybridized carbons (Fsp3) is 0.412. The van der Waals surface area contributed by atoms with Crippen molar-refractivity contribution in [3.05, 3.63) is 53.8 Å². The van der Waals surface area contributed by atoms with Crippen LogP contribution in [0.4, 0.5) is 5.69 Å². The topological polar surface area (TPSA) is 3.24 Å². The first kappa shape index (κ1) is 12.9. The van der Waals surface area contributed by atoms with Crippen LogP contribution in [-0.2, 0) is 0 Å². The summed E-state index contributed by atoms with van der Waals surface area (Å²) in [4.78, 5) is 2.45. The molecule has 1 aromatic rings. The Morgan fingerprint density at radius 2 is 1.89 bits per heavy atom. The van der Waals surface area contributed by atoms with Gasteiger partial charge in [0.25, 0.3) is 0 Å². The van der Waals surface area contributed by atoms with Crippen LogP contribution in [0, 0.1) is 6.92 Å². The monoisotopic (exact) mass is 241 g/mol. The van der Waals surface area contributed by atoms with Crippen molar-refractivity contribution in [3.63, 3.8) is 0 Å². The van der Waals surface area contributed by atoms with Crippen molar-refractivity contribution in [3.8, 4) is 0 Å². The SMILES string of the molecule is CCC(C)N(C1=CCCC=C1)c1ccc(C)cc1. The average Bonchev–Trinajstić information content (AvgIpc) is 2.42. The Morgan fingerprint density at radius 1 is 1.17 bits per heavy atom. The Hall–Kier alpha value is -1.50. The molecule has 18 heavy (non-hydrogen) atoms. The first-order valence-corrected chi connectivity index (χ1v) is 6.95. The van der Waals surface area contributed by atoms with Gasteiger partial charge in [0.05, 0.1) is 0 Å². The highest BCUT2D eigenvalue weighted by Gasteiger charge is 2.16. The summed E-state index contributed by atoms with van der Waals surface area (Å²) in [5, 5.41) is 0. The van der Waals surface area contributed by atoms with Gasteiger partial charge in [0.1, 0.15) is 0 Å². The highest BCUT2D eigenvalue weighted by molar-refractivity contribution is 5.56. The third kappa shape index (κ3) is 2.84. The molecule has 1 atom stereocenters. The third-order valence-corrected chi connectivity index (χ3v) is 3.60. The largest absolute Gasteiger partial charge is 0.339 e. The van der Waals surface area contributed by atoms with Gasteiger partial charge in [-0.25, -0.2) is 0 Å². The number of hydrogen-bond donors (Lipinski definition) is 0. The molecular weight excluding hydrogens is 218 g/mol. The van der Waals surface area contributed by atoms with E-state index >= 15 is 0 Å². The molecule has 0 spiro atoms. The van der Waals surface area contributed by atoms with E-state index in [0.29, 0.717) is 6.04 Å². The molecule has 0 saturated heterocycles. The summed E-state index contributed by atoms with van der Waals surface area (Å²) in [6.07, 6.45) is 10.4. The summed E-state index contributed by atoms with van der Waals surface area (Å²) in [5.41, 5.74) is 3.96. The molecule has 0 heterocycles. The molecule has 0 fully saturated rings. The van der Waals surface area contributed by atoms with Gasteiger partial charge in [0.2, 0.25) is 0 Å².